The Balaban J connectivity index is 2.07. The van der Waals surface area contributed by atoms with Crippen LogP contribution in [0.1, 0.15) is 17.3 Å². The van der Waals surface area contributed by atoms with Gasteiger partial charge in [0.05, 0.1) is 23.8 Å². The standard InChI is InChI=1S/C12H14N4O2/c1-9(7-16-5-4-14-8-16)15-11-6-13-3-2-10(11)12(17)18/h2-6,8-9,15H,7H2,1H3,(H,17,18). The summed E-state index contributed by atoms with van der Waals surface area (Å²) in [5.74, 6) is -0.963. The monoisotopic (exact) mass is 246 g/mol. The van der Waals surface area contributed by atoms with E-state index >= 15 is 0 Å². The molecule has 2 aromatic rings. The second-order valence-corrected chi connectivity index (χ2v) is 4.03. The quantitative estimate of drug-likeness (QED) is 0.835. The Labute approximate surface area is 104 Å². The lowest BCUT2D eigenvalue weighted by molar-refractivity contribution is 0.0698. The molecule has 1 unspecified atom stereocenters. The lowest BCUT2D eigenvalue weighted by atomic mass is 10.2. The number of pyridine rings is 1. The van der Waals surface area contributed by atoms with Crippen LogP contribution in [0.25, 0.3) is 0 Å². The Hall–Kier alpha value is -2.37. The van der Waals surface area contributed by atoms with Crippen LogP contribution in [-0.2, 0) is 6.54 Å². The molecular formula is C12H14N4O2. The van der Waals surface area contributed by atoms with E-state index in [2.05, 4.69) is 15.3 Å². The normalized spacial score (nSPS) is 12.1. The highest BCUT2D eigenvalue weighted by Gasteiger charge is 2.11. The number of aromatic nitrogens is 3. The largest absolute Gasteiger partial charge is 0.478 e. The molecule has 0 aromatic carbocycles. The van der Waals surface area contributed by atoms with E-state index in [0.717, 1.165) is 0 Å². The van der Waals surface area contributed by atoms with Crippen LogP contribution >= 0.6 is 0 Å². The summed E-state index contributed by atoms with van der Waals surface area (Å²) in [7, 11) is 0. The lowest BCUT2D eigenvalue weighted by Crippen LogP contribution is -2.22. The van der Waals surface area contributed by atoms with Crippen LogP contribution < -0.4 is 5.32 Å². The molecule has 0 saturated heterocycles. The van der Waals surface area contributed by atoms with E-state index in [9.17, 15) is 4.79 Å². The zero-order chi connectivity index (χ0) is 13.0. The van der Waals surface area contributed by atoms with Gasteiger partial charge in [0.2, 0.25) is 0 Å². The number of hydrogen-bond donors (Lipinski definition) is 2. The second-order valence-electron chi connectivity index (χ2n) is 4.03. The molecule has 18 heavy (non-hydrogen) atoms. The highest BCUT2D eigenvalue weighted by Crippen LogP contribution is 2.14. The average molecular weight is 246 g/mol. The number of nitrogens with zero attached hydrogens (tertiary/aromatic N) is 3. The molecule has 0 fully saturated rings. The summed E-state index contributed by atoms with van der Waals surface area (Å²) in [6.45, 7) is 2.67. The first-order valence-corrected chi connectivity index (χ1v) is 5.56. The molecule has 2 aromatic heterocycles. The molecule has 0 aliphatic heterocycles. The molecule has 2 heterocycles. The van der Waals surface area contributed by atoms with Gasteiger partial charge in [-0.3, -0.25) is 4.98 Å². The topological polar surface area (TPSA) is 80.0 Å². The molecule has 0 amide bonds. The molecule has 6 nitrogen and oxygen atoms in total. The van der Waals surface area contributed by atoms with Crippen LogP contribution in [0.3, 0.4) is 0 Å². The fourth-order valence-corrected chi connectivity index (χ4v) is 1.72. The Morgan fingerprint density at radius 2 is 2.33 bits per heavy atom. The van der Waals surface area contributed by atoms with Gasteiger partial charge in [-0.05, 0) is 13.0 Å². The van der Waals surface area contributed by atoms with E-state index in [1.165, 1.54) is 18.5 Å². The summed E-state index contributed by atoms with van der Waals surface area (Å²) < 4.78 is 1.93. The van der Waals surface area contributed by atoms with Gasteiger partial charge in [0, 0.05) is 31.2 Å². The fourth-order valence-electron chi connectivity index (χ4n) is 1.72. The molecule has 1 atom stereocenters. The smallest absolute Gasteiger partial charge is 0.337 e. The van der Waals surface area contributed by atoms with Crippen molar-refractivity contribution in [1.82, 2.24) is 14.5 Å². The molecule has 2 rings (SSSR count). The molecule has 0 spiro atoms. The van der Waals surface area contributed by atoms with Crippen LogP contribution in [0.5, 0.6) is 0 Å². The number of nitrogens with one attached hydrogen (secondary N) is 1. The van der Waals surface area contributed by atoms with Gasteiger partial charge >= 0.3 is 5.97 Å². The third-order valence-electron chi connectivity index (χ3n) is 2.50. The van der Waals surface area contributed by atoms with Crippen LogP contribution in [0.4, 0.5) is 5.69 Å². The van der Waals surface area contributed by atoms with Gasteiger partial charge in [0.1, 0.15) is 0 Å². The van der Waals surface area contributed by atoms with Crippen molar-refractivity contribution in [2.45, 2.75) is 19.5 Å². The maximum atomic E-state index is 11.0. The van der Waals surface area contributed by atoms with Gasteiger partial charge in [-0.25, -0.2) is 9.78 Å². The first kappa shape index (κ1) is 12.1. The first-order chi connectivity index (χ1) is 8.66. The van der Waals surface area contributed by atoms with Gasteiger partial charge in [-0.15, -0.1) is 0 Å². The number of aromatic carboxylic acids is 1. The van der Waals surface area contributed by atoms with Gasteiger partial charge in [0.25, 0.3) is 0 Å². The zero-order valence-electron chi connectivity index (χ0n) is 9.95. The minimum atomic E-state index is -0.963. The number of carbonyl (C=O) groups is 1. The van der Waals surface area contributed by atoms with Crippen molar-refractivity contribution in [3.05, 3.63) is 42.7 Å². The second kappa shape index (κ2) is 5.31. The summed E-state index contributed by atoms with van der Waals surface area (Å²) in [5.41, 5.74) is 0.750. The van der Waals surface area contributed by atoms with Crippen LogP contribution in [0.2, 0.25) is 0 Å². The molecule has 0 radical (unpaired) electrons. The van der Waals surface area contributed by atoms with E-state index in [1.54, 1.807) is 12.5 Å². The SMILES string of the molecule is CC(Cn1ccnc1)Nc1cnccc1C(=O)O. The first-order valence-electron chi connectivity index (χ1n) is 5.56. The molecular weight excluding hydrogens is 232 g/mol. The van der Waals surface area contributed by atoms with Gasteiger partial charge in [0.15, 0.2) is 0 Å². The van der Waals surface area contributed by atoms with E-state index in [0.29, 0.717) is 12.2 Å². The van der Waals surface area contributed by atoms with Crippen molar-refractivity contribution in [3.8, 4) is 0 Å². The van der Waals surface area contributed by atoms with E-state index in [-0.39, 0.29) is 11.6 Å². The molecule has 2 N–H and O–H groups in total. The molecule has 94 valence electrons. The molecule has 6 heteroatoms. The summed E-state index contributed by atoms with van der Waals surface area (Å²) >= 11 is 0. The predicted octanol–water partition coefficient (Wildman–Crippen LogP) is 1.48. The van der Waals surface area contributed by atoms with Gasteiger partial charge in [-0.1, -0.05) is 0 Å². The molecule has 0 saturated carbocycles. The summed E-state index contributed by atoms with van der Waals surface area (Å²) in [6.07, 6.45) is 8.28. The van der Waals surface area contributed by atoms with Gasteiger partial charge < -0.3 is 15.0 Å². The number of carboxylic acid groups (broad SMARTS) is 1. The van der Waals surface area contributed by atoms with E-state index in [1.807, 2.05) is 17.7 Å². The van der Waals surface area contributed by atoms with E-state index in [4.69, 9.17) is 5.11 Å². The van der Waals surface area contributed by atoms with Crippen molar-refractivity contribution in [2.75, 3.05) is 5.32 Å². The Bertz CT molecular complexity index is 525. The Morgan fingerprint density at radius 1 is 1.50 bits per heavy atom. The Morgan fingerprint density at radius 3 is 3.00 bits per heavy atom. The average Bonchev–Trinajstić information content (AvgIpc) is 2.82. The summed E-state index contributed by atoms with van der Waals surface area (Å²) in [4.78, 5) is 18.9. The molecule has 0 aliphatic rings. The third-order valence-corrected chi connectivity index (χ3v) is 2.50. The third kappa shape index (κ3) is 2.85. The molecule has 0 bridgehead atoms. The minimum absolute atomic E-state index is 0.0708. The van der Waals surface area contributed by atoms with Crippen LogP contribution in [0, 0.1) is 0 Å². The van der Waals surface area contributed by atoms with Gasteiger partial charge in [-0.2, -0.15) is 0 Å². The highest BCUT2D eigenvalue weighted by atomic mass is 16.4. The van der Waals surface area contributed by atoms with Crippen LogP contribution in [-0.4, -0.2) is 31.7 Å². The Kier molecular flexibility index (Phi) is 3.57. The maximum Gasteiger partial charge on any atom is 0.337 e. The van der Waals surface area contributed by atoms with Crippen molar-refractivity contribution >= 4 is 11.7 Å². The highest BCUT2D eigenvalue weighted by molar-refractivity contribution is 5.93. The zero-order valence-corrected chi connectivity index (χ0v) is 9.95. The van der Waals surface area contributed by atoms with Crippen molar-refractivity contribution < 1.29 is 9.90 Å². The lowest BCUT2D eigenvalue weighted by Gasteiger charge is -2.16. The molecule has 0 aliphatic carbocycles. The summed E-state index contributed by atoms with van der Waals surface area (Å²) in [6, 6.07) is 1.55. The number of anilines is 1. The van der Waals surface area contributed by atoms with Crippen LogP contribution in [0.15, 0.2) is 37.2 Å². The maximum absolute atomic E-state index is 11.0. The fraction of sp³-hybridized carbons (Fsp3) is 0.250. The van der Waals surface area contributed by atoms with Crippen molar-refractivity contribution in [2.24, 2.45) is 0 Å². The van der Waals surface area contributed by atoms with Crippen molar-refractivity contribution in [1.29, 1.82) is 0 Å². The summed E-state index contributed by atoms with van der Waals surface area (Å²) in [5, 5.41) is 12.2. The van der Waals surface area contributed by atoms with Crippen molar-refractivity contribution in [3.63, 3.8) is 0 Å². The number of rotatable bonds is 5. The number of imidazole rings is 1. The number of hydrogen-bond acceptors (Lipinski definition) is 4. The minimum Gasteiger partial charge on any atom is -0.478 e. The predicted molar refractivity (Wildman–Crippen MR) is 66.5 cm³/mol. The number of carboxylic acids is 1. The van der Waals surface area contributed by atoms with E-state index < -0.39 is 5.97 Å².